The zero-order valence-corrected chi connectivity index (χ0v) is 12.4. The van der Waals surface area contributed by atoms with E-state index >= 15 is 0 Å². The van der Waals surface area contributed by atoms with Crippen molar-refractivity contribution < 1.29 is 9.53 Å². The lowest BCUT2D eigenvalue weighted by molar-refractivity contribution is 0.0922. The molecule has 0 aliphatic carbocycles. The van der Waals surface area contributed by atoms with Gasteiger partial charge < -0.3 is 10.1 Å². The quantitative estimate of drug-likeness (QED) is 0.922. The van der Waals surface area contributed by atoms with Crippen molar-refractivity contribution in [1.82, 2.24) is 5.32 Å². The molecular formula is C13H15BrClNO2. The van der Waals surface area contributed by atoms with Crippen LogP contribution in [0.25, 0.3) is 0 Å². The van der Waals surface area contributed by atoms with Crippen molar-refractivity contribution in [2.24, 2.45) is 5.92 Å². The summed E-state index contributed by atoms with van der Waals surface area (Å²) in [6.45, 7) is 3.53. The van der Waals surface area contributed by atoms with E-state index in [1.54, 1.807) is 18.2 Å². The predicted molar refractivity (Wildman–Crippen MR) is 75.0 cm³/mol. The molecule has 2 atom stereocenters. The number of carbonyl (C=O) groups is 1. The first-order valence-electron chi connectivity index (χ1n) is 5.91. The largest absolute Gasteiger partial charge is 0.381 e. The van der Waals surface area contributed by atoms with Gasteiger partial charge in [-0.3, -0.25) is 4.79 Å². The summed E-state index contributed by atoms with van der Waals surface area (Å²) in [7, 11) is 0. The Morgan fingerprint density at radius 2 is 2.39 bits per heavy atom. The highest BCUT2D eigenvalue weighted by Crippen LogP contribution is 2.23. The van der Waals surface area contributed by atoms with Gasteiger partial charge in [-0.2, -0.15) is 0 Å². The van der Waals surface area contributed by atoms with Gasteiger partial charge in [0.25, 0.3) is 5.91 Å². The second-order valence-corrected chi connectivity index (χ2v) is 5.78. The number of hydrogen-bond donors (Lipinski definition) is 1. The van der Waals surface area contributed by atoms with Crippen LogP contribution in [-0.4, -0.2) is 25.2 Å². The van der Waals surface area contributed by atoms with E-state index in [1.807, 2.05) is 6.92 Å². The summed E-state index contributed by atoms with van der Waals surface area (Å²) in [5, 5.41) is 3.60. The average molecular weight is 333 g/mol. The third-order valence-electron chi connectivity index (χ3n) is 3.21. The molecule has 1 amide bonds. The summed E-state index contributed by atoms with van der Waals surface area (Å²) in [5.41, 5.74) is 0.608. The Morgan fingerprint density at radius 1 is 1.61 bits per heavy atom. The molecule has 18 heavy (non-hydrogen) atoms. The van der Waals surface area contributed by atoms with E-state index in [0.29, 0.717) is 16.5 Å². The first-order valence-corrected chi connectivity index (χ1v) is 7.08. The number of hydrogen-bond acceptors (Lipinski definition) is 2. The Hall–Kier alpha value is -0.580. The second kappa shape index (κ2) is 6.04. The minimum Gasteiger partial charge on any atom is -0.381 e. The second-order valence-electron chi connectivity index (χ2n) is 4.51. The van der Waals surface area contributed by atoms with Crippen LogP contribution in [-0.2, 0) is 4.74 Å². The van der Waals surface area contributed by atoms with Crippen LogP contribution in [0, 0.1) is 5.92 Å². The molecule has 98 valence electrons. The number of nitrogens with one attached hydrogen (secondary N) is 1. The summed E-state index contributed by atoms with van der Waals surface area (Å²) in [4.78, 5) is 12.1. The number of ether oxygens (including phenoxy) is 1. The third-order valence-corrected chi connectivity index (χ3v) is 4.43. The average Bonchev–Trinajstić information content (AvgIpc) is 2.86. The maximum atomic E-state index is 12.1. The SMILES string of the molecule is CC(NC(=O)c1ccc(Cl)c(Br)c1)C1CCOC1. The van der Waals surface area contributed by atoms with Gasteiger partial charge in [0.1, 0.15) is 0 Å². The lowest BCUT2D eigenvalue weighted by atomic mass is 10.0. The summed E-state index contributed by atoms with van der Waals surface area (Å²) in [6, 6.07) is 5.29. The van der Waals surface area contributed by atoms with Gasteiger partial charge in [-0.1, -0.05) is 11.6 Å². The smallest absolute Gasteiger partial charge is 0.251 e. The van der Waals surface area contributed by atoms with E-state index in [-0.39, 0.29) is 11.9 Å². The Balaban J connectivity index is 2.00. The van der Waals surface area contributed by atoms with Gasteiger partial charge in [0.2, 0.25) is 0 Å². The fourth-order valence-electron chi connectivity index (χ4n) is 1.99. The summed E-state index contributed by atoms with van der Waals surface area (Å²) in [5.74, 6) is 0.330. The minimum absolute atomic E-state index is 0.0771. The van der Waals surface area contributed by atoms with Crippen molar-refractivity contribution in [1.29, 1.82) is 0 Å². The molecule has 1 N–H and O–H groups in total. The first-order chi connectivity index (χ1) is 8.58. The van der Waals surface area contributed by atoms with Crippen LogP contribution < -0.4 is 5.32 Å². The molecule has 2 unspecified atom stereocenters. The molecule has 1 aliphatic heterocycles. The van der Waals surface area contributed by atoms with E-state index < -0.39 is 0 Å². The molecule has 1 saturated heterocycles. The van der Waals surface area contributed by atoms with Gasteiger partial charge in [0.15, 0.2) is 0 Å². The molecule has 0 saturated carbocycles. The first kappa shape index (κ1) is 13.8. The maximum Gasteiger partial charge on any atom is 0.251 e. The monoisotopic (exact) mass is 331 g/mol. The van der Waals surface area contributed by atoms with E-state index in [0.717, 1.165) is 24.1 Å². The fraction of sp³-hybridized carbons (Fsp3) is 0.462. The Labute approximate surface area is 120 Å². The van der Waals surface area contributed by atoms with Gasteiger partial charge in [-0.25, -0.2) is 0 Å². The van der Waals surface area contributed by atoms with Crippen LogP contribution in [0.3, 0.4) is 0 Å². The van der Waals surface area contributed by atoms with E-state index in [4.69, 9.17) is 16.3 Å². The summed E-state index contributed by atoms with van der Waals surface area (Å²) < 4.78 is 6.05. The van der Waals surface area contributed by atoms with Crippen molar-refractivity contribution in [2.75, 3.05) is 13.2 Å². The maximum absolute atomic E-state index is 12.1. The van der Waals surface area contributed by atoms with Crippen molar-refractivity contribution in [3.63, 3.8) is 0 Å². The molecule has 0 aromatic heterocycles. The van der Waals surface area contributed by atoms with E-state index in [2.05, 4.69) is 21.2 Å². The number of rotatable bonds is 3. The lowest BCUT2D eigenvalue weighted by Crippen LogP contribution is -2.38. The van der Waals surface area contributed by atoms with Crippen LogP contribution in [0.2, 0.25) is 5.02 Å². The van der Waals surface area contributed by atoms with E-state index in [9.17, 15) is 4.79 Å². The molecule has 0 bridgehead atoms. The molecule has 1 fully saturated rings. The fourth-order valence-corrected chi connectivity index (χ4v) is 2.49. The topological polar surface area (TPSA) is 38.3 Å². The van der Waals surface area contributed by atoms with Crippen LogP contribution in [0.5, 0.6) is 0 Å². The van der Waals surface area contributed by atoms with Crippen molar-refractivity contribution in [3.05, 3.63) is 33.3 Å². The van der Waals surface area contributed by atoms with Crippen molar-refractivity contribution in [3.8, 4) is 0 Å². The van der Waals surface area contributed by atoms with Crippen LogP contribution in [0.15, 0.2) is 22.7 Å². The third kappa shape index (κ3) is 3.25. The van der Waals surface area contributed by atoms with Crippen molar-refractivity contribution in [2.45, 2.75) is 19.4 Å². The summed E-state index contributed by atoms with van der Waals surface area (Å²) in [6.07, 6.45) is 1.01. The van der Waals surface area contributed by atoms with Gasteiger partial charge in [0.05, 0.1) is 11.6 Å². The molecule has 3 nitrogen and oxygen atoms in total. The summed E-state index contributed by atoms with van der Waals surface area (Å²) >= 11 is 9.21. The van der Waals surface area contributed by atoms with Gasteiger partial charge in [-0.05, 0) is 47.5 Å². The molecule has 1 heterocycles. The van der Waals surface area contributed by atoms with Crippen molar-refractivity contribution >= 4 is 33.4 Å². The highest BCUT2D eigenvalue weighted by Gasteiger charge is 2.23. The molecule has 0 radical (unpaired) electrons. The number of halogens is 2. The van der Waals surface area contributed by atoms with Gasteiger partial charge in [0, 0.05) is 28.6 Å². The van der Waals surface area contributed by atoms with Gasteiger partial charge >= 0.3 is 0 Å². The highest BCUT2D eigenvalue weighted by atomic mass is 79.9. The normalized spacial score (nSPS) is 20.7. The molecule has 0 spiro atoms. The molecular weight excluding hydrogens is 318 g/mol. The number of benzene rings is 1. The molecule has 1 aromatic rings. The lowest BCUT2D eigenvalue weighted by Gasteiger charge is -2.19. The van der Waals surface area contributed by atoms with Crippen LogP contribution >= 0.6 is 27.5 Å². The Kier molecular flexibility index (Phi) is 4.65. The number of carbonyl (C=O) groups excluding carboxylic acids is 1. The van der Waals surface area contributed by atoms with Gasteiger partial charge in [-0.15, -0.1) is 0 Å². The van der Waals surface area contributed by atoms with E-state index in [1.165, 1.54) is 0 Å². The van der Waals surface area contributed by atoms with Crippen LogP contribution in [0.4, 0.5) is 0 Å². The Bertz CT molecular complexity index is 447. The minimum atomic E-state index is -0.0771. The number of amides is 1. The predicted octanol–water partition coefficient (Wildman–Crippen LogP) is 3.26. The molecule has 5 heteroatoms. The zero-order chi connectivity index (χ0) is 13.1. The molecule has 1 aliphatic rings. The molecule has 2 rings (SSSR count). The highest BCUT2D eigenvalue weighted by molar-refractivity contribution is 9.10. The van der Waals surface area contributed by atoms with Crippen LogP contribution in [0.1, 0.15) is 23.7 Å². The Morgan fingerprint density at radius 3 is 3.00 bits per heavy atom. The standard InChI is InChI=1S/C13H15BrClNO2/c1-8(10-4-5-18-7-10)16-13(17)9-2-3-12(15)11(14)6-9/h2-3,6,8,10H,4-5,7H2,1H3,(H,16,17). The molecule has 1 aromatic carbocycles. The zero-order valence-electron chi connectivity index (χ0n) is 10.1.